The standard InChI is InChI=1S/C51H32N4S/c1-4-17-33(18-5-1)36-25-14-29-42(51-53-49(34-19-6-2-7-20-34)52-50(54-51)35-21-8-3-9-22-35)47(36)55-43-30-12-10-24-41(43)46-38(26-16-31-44(46)55)40-28-15-27-39-37-23-11-13-32-45(37)56-48(39)40/h1-32H. The van der Waals surface area contributed by atoms with Crippen LogP contribution in [0.25, 0.3) is 104 Å². The molecule has 11 aromatic rings. The van der Waals surface area contributed by atoms with E-state index in [0.717, 1.165) is 44.5 Å². The second kappa shape index (κ2) is 13.3. The lowest BCUT2D eigenvalue weighted by atomic mass is 9.97. The third-order valence-electron chi connectivity index (χ3n) is 10.7. The number of aromatic nitrogens is 4. The largest absolute Gasteiger partial charge is 0.308 e. The Morgan fingerprint density at radius 3 is 1.57 bits per heavy atom. The van der Waals surface area contributed by atoms with Crippen LogP contribution in [0, 0.1) is 0 Å². The highest BCUT2D eigenvalue weighted by atomic mass is 32.1. The maximum atomic E-state index is 5.25. The van der Waals surface area contributed by atoms with Gasteiger partial charge in [0.1, 0.15) is 0 Å². The van der Waals surface area contributed by atoms with Crippen LogP contribution in [0.3, 0.4) is 0 Å². The Kier molecular flexibility index (Phi) is 7.64. The highest BCUT2D eigenvalue weighted by Gasteiger charge is 2.24. The van der Waals surface area contributed by atoms with Crippen LogP contribution < -0.4 is 0 Å². The second-order valence-electron chi connectivity index (χ2n) is 13.9. The fraction of sp³-hybridized carbons (Fsp3) is 0. The van der Waals surface area contributed by atoms with Crippen LogP contribution in [0.2, 0.25) is 0 Å². The normalized spacial score (nSPS) is 11.6. The molecule has 0 bridgehead atoms. The molecule has 0 radical (unpaired) electrons. The molecule has 0 atom stereocenters. The molecule has 5 heteroatoms. The van der Waals surface area contributed by atoms with Crippen LogP contribution in [0.5, 0.6) is 0 Å². The van der Waals surface area contributed by atoms with Gasteiger partial charge in [-0.05, 0) is 35.4 Å². The summed E-state index contributed by atoms with van der Waals surface area (Å²) in [7, 11) is 0. The SMILES string of the molecule is c1ccc(-c2nc(-c3ccccc3)nc(-c3cccc(-c4ccccc4)c3-n3c4ccccc4c4c(-c5cccc6c5sc5ccccc56)cccc43)n2)cc1. The summed E-state index contributed by atoms with van der Waals surface area (Å²) >= 11 is 1.87. The number of rotatable bonds is 6. The molecule has 0 aliphatic rings. The first-order valence-corrected chi connectivity index (χ1v) is 19.6. The van der Waals surface area contributed by atoms with E-state index in [9.17, 15) is 0 Å². The first kappa shape index (κ1) is 32.2. The zero-order valence-electron chi connectivity index (χ0n) is 30.2. The van der Waals surface area contributed by atoms with Crippen molar-refractivity contribution in [3.63, 3.8) is 0 Å². The Bertz CT molecular complexity index is 3180. The molecule has 8 aromatic carbocycles. The van der Waals surface area contributed by atoms with Gasteiger partial charge in [-0.15, -0.1) is 11.3 Å². The van der Waals surface area contributed by atoms with Crippen LogP contribution in [-0.2, 0) is 0 Å². The van der Waals surface area contributed by atoms with Crippen molar-refractivity contribution in [2.45, 2.75) is 0 Å². The van der Waals surface area contributed by atoms with Crippen molar-refractivity contribution in [1.29, 1.82) is 0 Å². The molecule has 0 aliphatic heterocycles. The monoisotopic (exact) mass is 732 g/mol. The molecule has 3 heterocycles. The zero-order valence-corrected chi connectivity index (χ0v) is 31.0. The summed E-state index contributed by atoms with van der Waals surface area (Å²) in [6, 6.07) is 68.5. The Morgan fingerprint density at radius 2 is 0.839 bits per heavy atom. The molecule has 0 amide bonds. The third kappa shape index (κ3) is 5.24. The van der Waals surface area contributed by atoms with Gasteiger partial charge in [0.05, 0.1) is 16.7 Å². The van der Waals surface area contributed by atoms with E-state index in [1.165, 1.54) is 42.1 Å². The van der Waals surface area contributed by atoms with E-state index in [0.29, 0.717) is 17.5 Å². The van der Waals surface area contributed by atoms with E-state index in [-0.39, 0.29) is 0 Å². The summed E-state index contributed by atoms with van der Waals surface area (Å²) in [5.41, 5.74) is 10.7. The molecule has 0 aliphatic carbocycles. The van der Waals surface area contributed by atoms with Gasteiger partial charge in [-0.3, -0.25) is 0 Å². The molecular formula is C51H32N4S. The summed E-state index contributed by atoms with van der Waals surface area (Å²) in [5.74, 6) is 1.88. The number of para-hydroxylation sites is 2. The van der Waals surface area contributed by atoms with E-state index in [1.807, 2.05) is 47.7 Å². The summed E-state index contributed by atoms with van der Waals surface area (Å²) in [6.45, 7) is 0. The fourth-order valence-corrected chi connectivity index (χ4v) is 9.42. The smallest absolute Gasteiger partial charge is 0.166 e. The Labute approximate surface area is 327 Å². The predicted octanol–water partition coefficient (Wildman–Crippen LogP) is 13.7. The molecule has 3 aromatic heterocycles. The number of benzene rings is 8. The van der Waals surface area contributed by atoms with Crippen molar-refractivity contribution < 1.29 is 0 Å². The highest BCUT2D eigenvalue weighted by molar-refractivity contribution is 7.26. The minimum Gasteiger partial charge on any atom is -0.308 e. The van der Waals surface area contributed by atoms with Crippen LogP contribution in [0.4, 0.5) is 0 Å². The first-order valence-electron chi connectivity index (χ1n) is 18.8. The van der Waals surface area contributed by atoms with Gasteiger partial charge in [0.2, 0.25) is 0 Å². The van der Waals surface area contributed by atoms with Gasteiger partial charge in [-0.25, -0.2) is 15.0 Å². The van der Waals surface area contributed by atoms with Crippen molar-refractivity contribution in [1.82, 2.24) is 19.5 Å². The van der Waals surface area contributed by atoms with E-state index < -0.39 is 0 Å². The van der Waals surface area contributed by atoms with Crippen LogP contribution in [0.1, 0.15) is 0 Å². The molecule has 0 fully saturated rings. The quantitative estimate of drug-likeness (QED) is 0.171. The average Bonchev–Trinajstić information content (AvgIpc) is 3.83. The van der Waals surface area contributed by atoms with Gasteiger partial charge in [-0.1, -0.05) is 170 Å². The Morgan fingerprint density at radius 1 is 0.339 bits per heavy atom. The zero-order chi connectivity index (χ0) is 37.0. The molecule has 262 valence electrons. The molecule has 0 saturated carbocycles. The van der Waals surface area contributed by atoms with Crippen molar-refractivity contribution in [3.8, 4) is 62.1 Å². The van der Waals surface area contributed by atoms with Crippen molar-refractivity contribution in [3.05, 3.63) is 194 Å². The topological polar surface area (TPSA) is 43.6 Å². The first-order chi connectivity index (χ1) is 27.8. The Hall–Kier alpha value is -7.21. The molecule has 0 saturated heterocycles. The second-order valence-corrected chi connectivity index (χ2v) is 15.0. The molecular weight excluding hydrogens is 701 g/mol. The predicted molar refractivity (Wildman–Crippen MR) is 234 cm³/mol. The van der Waals surface area contributed by atoms with E-state index in [1.54, 1.807) is 0 Å². The van der Waals surface area contributed by atoms with E-state index in [4.69, 9.17) is 15.0 Å². The van der Waals surface area contributed by atoms with Gasteiger partial charge >= 0.3 is 0 Å². The molecule has 56 heavy (non-hydrogen) atoms. The number of hydrogen-bond acceptors (Lipinski definition) is 4. The van der Waals surface area contributed by atoms with Crippen LogP contribution in [-0.4, -0.2) is 19.5 Å². The summed E-state index contributed by atoms with van der Waals surface area (Å²) in [5, 5.41) is 4.99. The van der Waals surface area contributed by atoms with Gasteiger partial charge in [-0.2, -0.15) is 0 Å². The fourth-order valence-electron chi connectivity index (χ4n) is 8.19. The number of thiophene rings is 1. The van der Waals surface area contributed by atoms with Crippen LogP contribution in [0.15, 0.2) is 194 Å². The minimum absolute atomic E-state index is 0.614. The summed E-state index contributed by atoms with van der Waals surface area (Å²) < 4.78 is 5.04. The van der Waals surface area contributed by atoms with Gasteiger partial charge in [0, 0.05) is 58.8 Å². The van der Waals surface area contributed by atoms with Crippen molar-refractivity contribution in [2.24, 2.45) is 0 Å². The van der Waals surface area contributed by atoms with Gasteiger partial charge in [0.15, 0.2) is 17.5 Å². The lowest BCUT2D eigenvalue weighted by Gasteiger charge is -2.19. The van der Waals surface area contributed by atoms with Crippen LogP contribution >= 0.6 is 11.3 Å². The Balaban J connectivity index is 1.24. The number of hydrogen-bond donors (Lipinski definition) is 0. The van der Waals surface area contributed by atoms with E-state index in [2.05, 4.69) is 162 Å². The van der Waals surface area contributed by atoms with Gasteiger partial charge < -0.3 is 4.57 Å². The van der Waals surface area contributed by atoms with Crippen molar-refractivity contribution >= 4 is 53.3 Å². The molecule has 0 unspecified atom stereocenters. The maximum absolute atomic E-state index is 5.25. The lowest BCUT2D eigenvalue weighted by Crippen LogP contribution is -2.05. The van der Waals surface area contributed by atoms with Crippen molar-refractivity contribution in [2.75, 3.05) is 0 Å². The molecule has 4 nitrogen and oxygen atoms in total. The molecule has 11 rings (SSSR count). The van der Waals surface area contributed by atoms with E-state index >= 15 is 0 Å². The maximum Gasteiger partial charge on any atom is 0.166 e. The summed E-state index contributed by atoms with van der Waals surface area (Å²) in [6.07, 6.45) is 0. The minimum atomic E-state index is 0.614. The number of nitrogens with zero attached hydrogens (tertiary/aromatic N) is 4. The molecule has 0 N–H and O–H groups in total. The number of fused-ring (bicyclic) bond motifs is 6. The average molecular weight is 733 g/mol. The van der Waals surface area contributed by atoms with Gasteiger partial charge in [0.25, 0.3) is 0 Å². The molecule has 0 spiro atoms. The third-order valence-corrected chi connectivity index (χ3v) is 11.9. The highest BCUT2D eigenvalue weighted by Crippen LogP contribution is 2.46. The summed E-state index contributed by atoms with van der Waals surface area (Å²) in [4.78, 5) is 15.5. The lowest BCUT2D eigenvalue weighted by molar-refractivity contribution is 1.06.